The van der Waals surface area contributed by atoms with E-state index in [9.17, 15) is 14.9 Å². The van der Waals surface area contributed by atoms with Crippen molar-refractivity contribution < 1.29 is 9.72 Å². The number of nitro groups is 1. The molecule has 5 rings (SSSR count). The Balaban J connectivity index is 1.64. The molecular formula is C24H18ClN7O3. The number of nitro benzene ring substituents is 1. The quantitative estimate of drug-likeness (QED) is 0.305. The van der Waals surface area contributed by atoms with Crippen LogP contribution in [0.4, 0.5) is 17.3 Å². The zero-order valence-electron chi connectivity index (χ0n) is 18.3. The number of non-ortho nitro benzene ring substituents is 1. The molecule has 1 atom stereocenters. The molecule has 35 heavy (non-hydrogen) atoms. The highest BCUT2D eigenvalue weighted by Crippen LogP contribution is 2.38. The van der Waals surface area contributed by atoms with Crippen molar-refractivity contribution in [3.63, 3.8) is 0 Å². The zero-order valence-corrected chi connectivity index (χ0v) is 19.1. The van der Waals surface area contributed by atoms with Gasteiger partial charge >= 0.3 is 0 Å². The molecule has 1 aliphatic rings. The second kappa shape index (κ2) is 8.99. The number of carbonyl (C=O) groups is 1. The Bertz CT molecular complexity index is 1480. The minimum Gasteiger partial charge on any atom is -0.328 e. The first-order valence-electron chi connectivity index (χ1n) is 10.6. The summed E-state index contributed by atoms with van der Waals surface area (Å²) in [5.41, 5.74) is 2.50. The molecule has 0 spiro atoms. The van der Waals surface area contributed by atoms with Gasteiger partial charge in [-0.3, -0.25) is 19.9 Å². The van der Waals surface area contributed by atoms with E-state index in [-0.39, 0.29) is 5.69 Å². The van der Waals surface area contributed by atoms with Crippen LogP contribution < -0.4 is 10.6 Å². The Kier molecular flexibility index (Phi) is 5.71. The standard InChI is InChI=1S/C24H18ClN7O3/c1-14-20(23(33)28-18-8-4-10-26-13-18)21(15-5-3-9-19(12-15)32(34)35)31-24(27-14)29-22(30-31)16-6-2-7-17(25)11-16/h2-13,21H,1H3,(H,28,33)(H,27,29,30). The first kappa shape index (κ1) is 22.2. The molecule has 2 N–H and O–H groups in total. The van der Waals surface area contributed by atoms with Gasteiger partial charge in [-0.25, -0.2) is 4.68 Å². The number of pyridine rings is 1. The third-order valence-corrected chi connectivity index (χ3v) is 5.73. The molecule has 0 radical (unpaired) electrons. The van der Waals surface area contributed by atoms with Gasteiger partial charge in [0.05, 0.1) is 22.4 Å². The van der Waals surface area contributed by atoms with E-state index in [1.165, 1.54) is 18.3 Å². The van der Waals surface area contributed by atoms with E-state index in [2.05, 4.69) is 25.7 Å². The average Bonchev–Trinajstić information content (AvgIpc) is 3.27. The predicted octanol–water partition coefficient (Wildman–Crippen LogP) is 4.83. The summed E-state index contributed by atoms with van der Waals surface area (Å²) in [6.45, 7) is 1.75. The van der Waals surface area contributed by atoms with Crippen LogP contribution in [-0.2, 0) is 4.79 Å². The molecule has 0 fully saturated rings. The number of rotatable bonds is 5. The molecule has 0 bridgehead atoms. The molecule has 3 heterocycles. The van der Waals surface area contributed by atoms with Crippen molar-refractivity contribution in [3.8, 4) is 11.4 Å². The number of halogens is 1. The van der Waals surface area contributed by atoms with E-state index in [1.54, 1.807) is 60.3 Å². The van der Waals surface area contributed by atoms with Gasteiger partial charge in [0.1, 0.15) is 6.04 Å². The van der Waals surface area contributed by atoms with Crippen molar-refractivity contribution in [2.45, 2.75) is 13.0 Å². The van der Waals surface area contributed by atoms with E-state index in [0.29, 0.717) is 44.9 Å². The van der Waals surface area contributed by atoms with Crippen molar-refractivity contribution in [1.29, 1.82) is 0 Å². The highest BCUT2D eigenvalue weighted by atomic mass is 35.5. The molecule has 0 saturated heterocycles. The molecular weight excluding hydrogens is 470 g/mol. The van der Waals surface area contributed by atoms with Crippen LogP contribution >= 0.6 is 11.6 Å². The topological polar surface area (TPSA) is 128 Å². The number of carbonyl (C=O) groups excluding carboxylic acids is 1. The Morgan fingerprint density at radius 3 is 2.74 bits per heavy atom. The monoisotopic (exact) mass is 487 g/mol. The van der Waals surface area contributed by atoms with Gasteiger partial charge in [0.2, 0.25) is 5.95 Å². The Morgan fingerprint density at radius 2 is 2.00 bits per heavy atom. The van der Waals surface area contributed by atoms with Crippen LogP contribution in [0.1, 0.15) is 18.5 Å². The lowest BCUT2D eigenvalue weighted by Crippen LogP contribution is -2.31. The number of anilines is 2. The van der Waals surface area contributed by atoms with Crippen LogP contribution in [-0.4, -0.2) is 30.6 Å². The maximum atomic E-state index is 13.5. The fourth-order valence-corrected chi connectivity index (χ4v) is 4.14. The van der Waals surface area contributed by atoms with Gasteiger partial charge in [-0.2, -0.15) is 4.98 Å². The van der Waals surface area contributed by atoms with E-state index in [0.717, 1.165) is 0 Å². The van der Waals surface area contributed by atoms with E-state index < -0.39 is 16.9 Å². The molecule has 2 aromatic carbocycles. The van der Waals surface area contributed by atoms with Crippen LogP contribution in [0.15, 0.2) is 84.3 Å². The molecule has 1 amide bonds. The third kappa shape index (κ3) is 4.34. The number of allylic oxidation sites excluding steroid dienone is 1. The third-order valence-electron chi connectivity index (χ3n) is 5.50. The molecule has 10 nitrogen and oxygen atoms in total. The summed E-state index contributed by atoms with van der Waals surface area (Å²) in [4.78, 5) is 33.1. The summed E-state index contributed by atoms with van der Waals surface area (Å²) >= 11 is 6.15. The summed E-state index contributed by atoms with van der Waals surface area (Å²) in [7, 11) is 0. The van der Waals surface area contributed by atoms with Crippen molar-refractivity contribution in [2.24, 2.45) is 0 Å². The first-order chi connectivity index (χ1) is 16.9. The minimum atomic E-state index is -0.775. The largest absolute Gasteiger partial charge is 0.328 e. The van der Waals surface area contributed by atoms with Gasteiger partial charge in [0.15, 0.2) is 5.82 Å². The van der Waals surface area contributed by atoms with E-state index in [1.807, 2.05) is 6.07 Å². The fourth-order valence-electron chi connectivity index (χ4n) is 3.95. The number of benzene rings is 2. The normalized spacial score (nSPS) is 14.7. The van der Waals surface area contributed by atoms with Crippen molar-refractivity contribution in [2.75, 3.05) is 10.6 Å². The lowest BCUT2D eigenvalue weighted by molar-refractivity contribution is -0.384. The van der Waals surface area contributed by atoms with Gasteiger partial charge in [-0.15, -0.1) is 5.10 Å². The van der Waals surface area contributed by atoms with Gasteiger partial charge in [-0.05, 0) is 36.8 Å². The molecule has 1 unspecified atom stereocenters. The number of amides is 1. The second-order valence-electron chi connectivity index (χ2n) is 7.83. The van der Waals surface area contributed by atoms with Crippen LogP contribution in [0.3, 0.4) is 0 Å². The van der Waals surface area contributed by atoms with E-state index >= 15 is 0 Å². The van der Waals surface area contributed by atoms with Gasteiger partial charge in [0.25, 0.3) is 11.6 Å². The lowest BCUT2D eigenvalue weighted by Gasteiger charge is -2.28. The number of nitrogens with zero attached hydrogens (tertiary/aromatic N) is 5. The van der Waals surface area contributed by atoms with Crippen LogP contribution in [0, 0.1) is 10.1 Å². The van der Waals surface area contributed by atoms with Crippen molar-refractivity contribution in [1.82, 2.24) is 19.7 Å². The summed E-state index contributed by atoms with van der Waals surface area (Å²) in [5.74, 6) is 0.393. The number of nitrogens with one attached hydrogen (secondary N) is 2. The Labute approximate surface area is 204 Å². The molecule has 0 aliphatic carbocycles. The zero-order chi connectivity index (χ0) is 24.5. The minimum absolute atomic E-state index is 0.0950. The highest BCUT2D eigenvalue weighted by Gasteiger charge is 2.35. The molecule has 174 valence electrons. The number of aromatic nitrogens is 4. The summed E-state index contributed by atoms with van der Waals surface area (Å²) < 4.78 is 1.56. The average molecular weight is 488 g/mol. The van der Waals surface area contributed by atoms with Gasteiger partial charge < -0.3 is 10.6 Å². The first-order valence-corrected chi connectivity index (χ1v) is 10.9. The summed E-state index contributed by atoms with van der Waals surface area (Å²) in [5, 5.41) is 22.6. The smallest absolute Gasteiger partial charge is 0.269 e. The molecule has 1 aliphatic heterocycles. The number of hydrogen-bond acceptors (Lipinski definition) is 7. The van der Waals surface area contributed by atoms with Crippen molar-refractivity contribution >= 4 is 34.8 Å². The fraction of sp³-hybridized carbons (Fsp3) is 0.0833. The molecule has 11 heteroatoms. The summed E-state index contributed by atoms with van der Waals surface area (Å²) in [6, 6.07) is 15.9. The van der Waals surface area contributed by atoms with Gasteiger partial charge in [-0.1, -0.05) is 35.9 Å². The molecule has 4 aromatic rings. The van der Waals surface area contributed by atoms with Crippen LogP contribution in [0.2, 0.25) is 5.02 Å². The number of fused-ring (bicyclic) bond motifs is 1. The van der Waals surface area contributed by atoms with E-state index in [4.69, 9.17) is 11.6 Å². The predicted molar refractivity (Wildman–Crippen MR) is 131 cm³/mol. The Morgan fingerprint density at radius 1 is 1.17 bits per heavy atom. The second-order valence-corrected chi connectivity index (χ2v) is 8.26. The van der Waals surface area contributed by atoms with Gasteiger partial charge in [0, 0.05) is 34.6 Å². The lowest BCUT2D eigenvalue weighted by atomic mass is 9.94. The van der Waals surface area contributed by atoms with Crippen LogP contribution in [0.5, 0.6) is 0 Å². The Hall–Kier alpha value is -4.57. The van der Waals surface area contributed by atoms with Crippen LogP contribution in [0.25, 0.3) is 11.4 Å². The maximum Gasteiger partial charge on any atom is 0.269 e. The number of hydrogen-bond donors (Lipinski definition) is 2. The summed E-state index contributed by atoms with van der Waals surface area (Å²) in [6.07, 6.45) is 3.14. The highest BCUT2D eigenvalue weighted by molar-refractivity contribution is 6.30. The maximum absolute atomic E-state index is 13.5. The SMILES string of the molecule is CC1=C(C(=O)Nc2cccnc2)C(c2cccc([N+](=O)[O-])c2)n2nc(-c3cccc(Cl)c3)nc2N1. The molecule has 0 saturated carbocycles. The molecule has 2 aromatic heterocycles. The van der Waals surface area contributed by atoms with Crippen molar-refractivity contribution in [3.05, 3.63) is 105 Å².